The van der Waals surface area contributed by atoms with Gasteiger partial charge in [-0.3, -0.25) is 14.5 Å². The normalized spacial score (nSPS) is 25.9. The highest BCUT2D eigenvalue weighted by Gasteiger charge is 2.62. The van der Waals surface area contributed by atoms with Gasteiger partial charge in [0.1, 0.15) is 17.4 Å². The molecule has 0 aliphatic carbocycles. The molecule has 1 spiro atoms. The molecule has 2 N–H and O–H groups in total. The number of benzene rings is 1. The van der Waals surface area contributed by atoms with Gasteiger partial charge in [0.05, 0.1) is 18.6 Å². The van der Waals surface area contributed by atoms with Crippen LogP contribution < -0.4 is 10.5 Å². The number of carbonyl (C=O) groups is 3. The van der Waals surface area contributed by atoms with Crippen molar-refractivity contribution < 1.29 is 28.6 Å². The third-order valence-electron chi connectivity index (χ3n) is 5.88. The van der Waals surface area contributed by atoms with E-state index in [9.17, 15) is 14.4 Å². The van der Waals surface area contributed by atoms with Gasteiger partial charge in [-0.15, -0.1) is 0 Å². The number of rotatable bonds is 5. The lowest BCUT2D eigenvalue weighted by atomic mass is 9.81. The smallest absolute Gasteiger partial charge is 0.411 e. The maximum absolute atomic E-state index is 13.5. The molecule has 1 aromatic carbocycles. The van der Waals surface area contributed by atoms with Gasteiger partial charge in [0.15, 0.2) is 0 Å². The van der Waals surface area contributed by atoms with Crippen LogP contribution in [0.2, 0.25) is 0 Å². The minimum atomic E-state index is -1.04. The van der Waals surface area contributed by atoms with Gasteiger partial charge >= 0.3 is 6.09 Å². The van der Waals surface area contributed by atoms with E-state index in [1.807, 2.05) is 24.3 Å². The summed E-state index contributed by atoms with van der Waals surface area (Å²) in [4.78, 5) is 41.4. The third-order valence-corrected chi connectivity index (χ3v) is 5.88. The summed E-state index contributed by atoms with van der Waals surface area (Å²) >= 11 is 0. The number of likely N-dealkylation sites (tertiary alicyclic amines) is 2. The van der Waals surface area contributed by atoms with Crippen molar-refractivity contribution in [2.75, 3.05) is 27.3 Å². The minimum Gasteiger partial charge on any atom is -0.497 e. The van der Waals surface area contributed by atoms with Crippen molar-refractivity contribution in [3.63, 3.8) is 0 Å². The highest BCUT2D eigenvalue weighted by molar-refractivity contribution is 5.92. The maximum atomic E-state index is 13.5. The zero-order valence-corrected chi connectivity index (χ0v) is 18.7. The van der Waals surface area contributed by atoms with Crippen LogP contribution in [0.4, 0.5) is 4.79 Å². The molecule has 2 saturated heterocycles. The van der Waals surface area contributed by atoms with Gasteiger partial charge in [-0.2, -0.15) is 0 Å². The number of primary amides is 1. The predicted molar refractivity (Wildman–Crippen MR) is 112 cm³/mol. The third kappa shape index (κ3) is 4.46. The molecule has 0 aromatic heterocycles. The first kappa shape index (κ1) is 22.9. The molecular weight excluding hydrogens is 402 g/mol. The predicted octanol–water partition coefficient (Wildman–Crippen LogP) is 1.53. The molecule has 2 fully saturated rings. The van der Waals surface area contributed by atoms with Crippen LogP contribution in [0.15, 0.2) is 24.3 Å². The molecule has 1 aromatic rings. The van der Waals surface area contributed by atoms with Gasteiger partial charge in [0, 0.05) is 26.7 Å². The van der Waals surface area contributed by atoms with Gasteiger partial charge in [-0.25, -0.2) is 4.79 Å². The fraction of sp³-hybridized carbons (Fsp3) is 0.591. The molecule has 0 saturated carbocycles. The molecule has 0 radical (unpaired) electrons. The summed E-state index contributed by atoms with van der Waals surface area (Å²) in [5.74, 6) is -0.0951. The molecule has 9 heteroatoms. The Bertz CT molecular complexity index is 850. The van der Waals surface area contributed by atoms with Crippen LogP contribution in [0.5, 0.6) is 5.75 Å². The van der Waals surface area contributed by atoms with Crippen LogP contribution in [-0.2, 0) is 25.6 Å². The van der Waals surface area contributed by atoms with Crippen LogP contribution in [0.25, 0.3) is 0 Å². The summed E-state index contributed by atoms with van der Waals surface area (Å²) in [7, 11) is 3.13. The van der Waals surface area contributed by atoms with Gasteiger partial charge in [0.2, 0.25) is 11.8 Å². The monoisotopic (exact) mass is 433 g/mol. The average molecular weight is 434 g/mol. The number of nitrogens with two attached hydrogens (primary N) is 1. The van der Waals surface area contributed by atoms with Gasteiger partial charge in [-0.05, 0) is 44.9 Å². The zero-order chi connectivity index (χ0) is 23.0. The Labute approximate surface area is 182 Å². The van der Waals surface area contributed by atoms with Crippen LogP contribution in [-0.4, -0.2) is 72.8 Å². The molecule has 2 aliphatic heterocycles. The second-order valence-electron chi connectivity index (χ2n) is 9.14. The highest BCUT2D eigenvalue weighted by Crippen LogP contribution is 2.45. The first-order valence-corrected chi connectivity index (χ1v) is 10.2. The molecule has 2 heterocycles. The second kappa shape index (κ2) is 8.37. The fourth-order valence-electron chi connectivity index (χ4n) is 4.39. The first-order chi connectivity index (χ1) is 14.5. The Balaban J connectivity index is 1.85. The lowest BCUT2D eigenvalue weighted by molar-refractivity contribution is -0.138. The van der Waals surface area contributed by atoms with E-state index in [4.69, 9.17) is 19.9 Å². The Morgan fingerprint density at radius 3 is 2.35 bits per heavy atom. The van der Waals surface area contributed by atoms with Crippen molar-refractivity contribution in [3.05, 3.63) is 29.8 Å². The van der Waals surface area contributed by atoms with Crippen LogP contribution >= 0.6 is 0 Å². The first-order valence-electron chi connectivity index (χ1n) is 10.2. The minimum absolute atomic E-state index is 0.0198. The molecular formula is C22H31N3O6. The molecule has 9 nitrogen and oxygen atoms in total. The molecule has 2 aliphatic rings. The number of hydrogen-bond acceptors (Lipinski definition) is 6. The van der Waals surface area contributed by atoms with Crippen molar-refractivity contribution >= 4 is 17.9 Å². The Morgan fingerprint density at radius 1 is 1.19 bits per heavy atom. The Morgan fingerprint density at radius 2 is 1.84 bits per heavy atom. The SMILES string of the molecule is COc1ccc(CN2CC(OC)[C@@]3(C[C@@H](C(N)=O)N(C(=O)OC(C)(C)C)C3)C2=O)cc1. The summed E-state index contributed by atoms with van der Waals surface area (Å²) < 4.78 is 16.3. The van der Waals surface area contributed by atoms with E-state index in [2.05, 4.69) is 0 Å². The summed E-state index contributed by atoms with van der Waals surface area (Å²) in [5.41, 5.74) is 4.75. The van der Waals surface area contributed by atoms with Gasteiger partial charge in [0.25, 0.3) is 0 Å². The fourth-order valence-corrected chi connectivity index (χ4v) is 4.39. The molecule has 3 atom stereocenters. The van der Waals surface area contributed by atoms with Crippen molar-refractivity contribution in [3.8, 4) is 5.75 Å². The van der Waals surface area contributed by atoms with Gasteiger partial charge in [-0.1, -0.05) is 12.1 Å². The van der Waals surface area contributed by atoms with Crippen molar-refractivity contribution in [2.45, 2.75) is 51.5 Å². The van der Waals surface area contributed by atoms with Crippen molar-refractivity contribution in [2.24, 2.45) is 11.1 Å². The Hall–Kier alpha value is -2.81. The van der Waals surface area contributed by atoms with Crippen LogP contribution in [0.1, 0.15) is 32.8 Å². The standard InChI is InChI=1S/C22H31N3O6/c1-21(2,3)31-20(28)25-13-22(10-16(25)18(23)26)17(30-5)12-24(19(22)27)11-14-6-8-15(29-4)9-7-14/h6-9,16-17H,10-13H2,1-5H3,(H2,23,26)/t16-,17?,22-/m0/s1. The van der Waals surface area contributed by atoms with E-state index in [-0.39, 0.29) is 18.9 Å². The summed E-state index contributed by atoms with van der Waals surface area (Å²) in [6.07, 6.45) is -1.03. The zero-order valence-electron chi connectivity index (χ0n) is 18.7. The molecule has 3 amide bonds. The summed E-state index contributed by atoms with van der Waals surface area (Å²) in [6, 6.07) is 6.53. The second-order valence-corrected chi connectivity index (χ2v) is 9.14. The number of methoxy groups -OCH3 is 2. The molecule has 170 valence electrons. The lowest BCUT2D eigenvalue weighted by Gasteiger charge is -2.29. The Kier molecular flexibility index (Phi) is 6.18. The molecule has 3 rings (SSSR count). The highest BCUT2D eigenvalue weighted by atomic mass is 16.6. The van der Waals surface area contributed by atoms with E-state index < -0.39 is 35.2 Å². The van der Waals surface area contributed by atoms with Gasteiger partial charge < -0.3 is 24.8 Å². The number of nitrogens with zero attached hydrogens (tertiary/aromatic N) is 2. The van der Waals surface area contributed by atoms with E-state index in [1.165, 1.54) is 12.0 Å². The topological polar surface area (TPSA) is 111 Å². The van der Waals surface area contributed by atoms with E-state index in [0.717, 1.165) is 11.3 Å². The van der Waals surface area contributed by atoms with E-state index in [0.29, 0.717) is 13.1 Å². The van der Waals surface area contributed by atoms with Crippen LogP contribution in [0.3, 0.4) is 0 Å². The lowest BCUT2D eigenvalue weighted by Crippen LogP contribution is -2.46. The number of hydrogen-bond donors (Lipinski definition) is 1. The number of carbonyl (C=O) groups excluding carboxylic acids is 3. The summed E-state index contributed by atoms with van der Waals surface area (Å²) in [5, 5.41) is 0. The molecule has 1 unspecified atom stereocenters. The van der Waals surface area contributed by atoms with E-state index >= 15 is 0 Å². The molecule has 0 bridgehead atoms. The molecule has 31 heavy (non-hydrogen) atoms. The van der Waals surface area contributed by atoms with Crippen molar-refractivity contribution in [1.82, 2.24) is 9.80 Å². The average Bonchev–Trinajstić information content (AvgIpc) is 3.22. The van der Waals surface area contributed by atoms with Crippen LogP contribution in [0, 0.1) is 5.41 Å². The maximum Gasteiger partial charge on any atom is 0.411 e. The largest absolute Gasteiger partial charge is 0.497 e. The van der Waals surface area contributed by atoms with E-state index in [1.54, 1.807) is 32.8 Å². The number of ether oxygens (including phenoxy) is 3. The quantitative estimate of drug-likeness (QED) is 0.754. The number of amides is 3. The summed E-state index contributed by atoms with van der Waals surface area (Å²) in [6.45, 7) is 5.99. The van der Waals surface area contributed by atoms with Crippen molar-refractivity contribution in [1.29, 1.82) is 0 Å².